The summed E-state index contributed by atoms with van der Waals surface area (Å²) in [7, 11) is 0. The quantitative estimate of drug-likeness (QED) is 0.778. The van der Waals surface area contributed by atoms with Crippen LogP contribution in [0.25, 0.3) is 5.69 Å². The van der Waals surface area contributed by atoms with Gasteiger partial charge in [-0.15, -0.1) is 0 Å². The van der Waals surface area contributed by atoms with Crippen molar-refractivity contribution < 1.29 is 9.53 Å². The fraction of sp³-hybridized carbons (Fsp3) is 0.500. The van der Waals surface area contributed by atoms with Gasteiger partial charge in [-0.3, -0.25) is 9.69 Å². The summed E-state index contributed by atoms with van der Waals surface area (Å²) >= 11 is 0. The molecule has 1 aliphatic heterocycles. The van der Waals surface area contributed by atoms with Crippen LogP contribution < -0.4 is 0 Å². The van der Waals surface area contributed by atoms with Gasteiger partial charge >= 0.3 is 0 Å². The maximum atomic E-state index is 13.0. The van der Waals surface area contributed by atoms with E-state index in [9.17, 15) is 4.79 Å². The molecule has 0 unspecified atom stereocenters. The van der Waals surface area contributed by atoms with Gasteiger partial charge in [-0.2, -0.15) is 0 Å². The van der Waals surface area contributed by atoms with Gasteiger partial charge in [0.1, 0.15) is 0 Å². The highest BCUT2D eigenvalue weighted by Crippen LogP contribution is 2.23. The molecule has 26 heavy (non-hydrogen) atoms. The van der Waals surface area contributed by atoms with Crippen LogP contribution in [0.2, 0.25) is 0 Å². The maximum absolute atomic E-state index is 13.0. The molecule has 1 aromatic carbocycles. The van der Waals surface area contributed by atoms with E-state index >= 15 is 0 Å². The van der Waals surface area contributed by atoms with E-state index < -0.39 is 0 Å². The number of hydrogen-bond acceptors (Lipinski definition) is 3. The zero-order chi connectivity index (χ0) is 19.0. The Morgan fingerprint density at radius 1 is 1.04 bits per heavy atom. The van der Waals surface area contributed by atoms with Gasteiger partial charge in [-0.05, 0) is 70.9 Å². The number of hydrogen-bond donors (Lipinski definition) is 0. The zero-order valence-electron chi connectivity index (χ0n) is 16.8. The summed E-state index contributed by atoms with van der Waals surface area (Å²) in [6.45, 7) is 14.6. The summed E-state index contributed by atoms with van der Waals surface area (Å²) < 4.78 is 7.96. The Morgan fingerprint density at radius 3 is 2.31 bits per heavy atom. The van der Waals surface area contributed by atoms with E-state index in [0.29, 0.717) is 6.54 Å². The van der Waals surface area contributed by atoms with Crippen LogP contribution in [0.15, 0.2) is 24.3 Å². The Balaban J connectivity index is 1.85. The Morgan fingerprint density at radius 2 is 1.69 bits per heavy atom. The molecule has 4 nitrogen and oxygen atoms in total. The van der Waals surface area contributed by atoms with Crippen LogP contribution in [0.3, 0.4) is 0 Å². The number of benzene rings is 1. The van der Waals surface area contributed by atoms with E-state index in [2.05, 4.69) is 62.3 Å². The predicted molar refractivity (Wildman–Crippen MR) is 105 cm³/mol. The van der Waals surface area contributed by atoms with E-state index in [1.54, 1.807) is 0 Å². The monoisotopic (exact) mass is 354 g/mol. The molecule has 0 amide bonds. The Bertz CT molecular complexity index is 812. The number of rotatable bonds is 4. The average Bonchev–Trinajstić information content (AvgIpc) is 2.84. The fourth-order valence-corrected chi connectivity index (χ4v) is 4.01. The molecule has 1 aromatic heterocycles. The number of nitrogens with zero attached hydrogens (tertiary/aromatic N) is 2. The second kappa shape index (κ2) is 7.37. The van der Waals surface area contributed by atoms with Gasteiger partial charge in [0, 0.05) is 35.7 Å². The zero-order valence-corrected chi connectivity index (χ0v) is 16.8. The Kier molecular flexibility index (Phi) is 5.35. The van der Waals surface area contributed by atoms with Gasteiger partial charge in [-0.1, -0.05) is 6.07 Å². The number of ketones is 1. The number of aryl methyl sites for hydroxylation is 3. The second-order valence-electron chi connectivity index (χ2n) is 7.76. The fourth-order valence-electron chi connectivity index (χ4n) is 4.01. The van der Waals surface area contributed by atoms with E-state index in [1.807, 2.05) is 13.0 Å². The molecular weight excluding hydrogens is 324 g/mol. The molecule has 3 rings (SSSR count). The summed E-state index contributed by atoms with van der Waals surface area (Å²) in [6.07, 6.45) is 0.351. The minimum Gasteiger partial charge on any atom is -0.373 e. The van der Waals surface area contributed by atoms with Crippen molar-refractivity contribution in [3.8, 4) is 5.69 Å². The second-order valence-corrected chi connectivity index (χ2v) is 7.76. The molecule has 0 bridgehead atoms. The summed E-state index contributed by atoms with van der Waals surface area (Å²) in [5.74, 6) is 0.189. The highest BCUT2D eigenvalue weighted by molar-refractivity contribution is 5.99. The van der Waals surface area contributed by atoms with Crippen LogP contribution in [-0.4, -0.2) is 47.1 Å². The average molecular weight is 354 g/mol. The van der Waals surface area contributed by atoms with Gasteiger partial charge in [-0.25, -0.2) is 0 Å². The van der Waals surface area contributed by atoms with Crippen LogP contribution in [0.1, 0.15) is 46.7 Å². The standard InChI is InChI=1S/C22H30N2O2/c1-14-7-8-20(9-15(14)2)24-16(3)10-21(19(24)6)22(25)13-23-11-17(4)26-18(5)12-23/h7-10,17-18H,11-13H2,1-6H3/t17-,18+. The number of Topliss-reactive ketones (excluding diaryl/α,β-unsaturated/α-hetero) is 1. The van der Waals surface area contributed by atoms with Gasteiger partial charge in [0.2, 0.25) is 0 Å². The van der Waals surface area contributed by atoms with Gasteiger partial charge in [0.05, 0.1) is 18.8 Å². The molecule has 1 saturated heterocycles. The minimum atomic E-state index is 0.175. The summed E-state index contributed by atoms with van der Waals surface area (Å²) in [5, 5.41) is 0. The number of aromatic nitrogens is 1. The van der Waals surface area contributed by atoms with Crippen LogP contribution in [0.4, 0.5) is 0 Å². The third-order valence-corrected chi connectivity index (χ3v) is 5.34. The smallest absolute Gasteiger partial charge is 0.178 e. The third kappa shape index (κ3) is 3.76. The Labute approximate surface area is 156 Å². The van der Waals surface area contributed by atoms with Crippen molar-refractivity contribution in [3.63, 3.8) is 0 Å². The van der Waals surface area contributed by atoms with E-state index in [1.165, 1.54) is 11.1 Å². The lowest BCUT2D eigenvalue weighted by Crippen LogP contribution is -2.47. The SMILES string of the molecule is Cc1ccc(-n2c(C)cc(C(=O)CN3C[C@@H](C)O[C@@H](C)C3)c2C)cc1C. The summed E-state index contributed by atoms with van der Waals surface area (Å²) in [4.78, 5) is 15.2. The van der Waals surface area contributed by atoms with Gasteiger partial charge in [0.15, 0.2) is 5.78 Å². The largest absolute Gasteiger partial charge is 0.373 e. The number of carbonyl (C=O) groups excluding carboxylic acids is 1. The Hall–Kier alpha value is -1.91. The van der Waals surface area contributed by atoms with Crippen molar-refractivity contribution in [2.24, 2.45) is 0 Å². The van der Waals surface area contributed by atoms with E-state index in [-0.39, 0.29) is 18.0 Å². The summed E-state index contributed by atoms with van der Waals surface area (Å²) in [5.41, 5.74) is 6.61. The van der Waals surface area contributed by atoms with Crippen LogP contribution in [-0.2, 0) is 4.74 Å². The number of carbonyl (C=O) groups is 1. The van der Waals surface area contributed by atoms with Crippen LogP contribution in [0.5, 0.6) is 0 Å². The molecule has 2 heterocycles. The highest BCUT2D eigenvalue weighted by atomic mass is 16.5. The predicted octanol–water partition coefficient (Wildman–Crippen LogP) is 4.00. The number of ether oxygens (including phenoxy) is 1. The highest BCUT2D eigenvalue weighted by Gasteiger charge is 2.25. The van der Waals surface area contributed by atoms with Crippen molar-refractivity contribution in [1.82, 2.24) is 9.47 Å². The molecule has 0 N–H and O–H groups in total. The normalized spacial score (nSPS) is 21.2. The van der Waals surface area contributed by atoms with Crippen molar-refractivity contribution >= 4 is 5.78 Å². The number of morpholine rings is 1. The molecule has 1 fully saturated rings. The van der Waals surface area contributed by atoms with Crippen LogP contribution in [0, 0.1) is 27.7 Å². The molecule has 0 saturated carbocycles. The van der Waals surface area contributed by atoms with E-state index in [0.717, 1.165) is 35.7 Å². The molecule has 140 valence electrons. The lowest BCUT2D eigenvalue weighted by Gasteiger charge is -2.34. The van der Waals surface area contributed by atoms with Crippen molar-refractivity contribution in [2.75, 3.05) is 19.6 Å². The van der Waals surface area contributed by atoms with Gasteiger partial charge in [0.25, 0.3) is 0 Å². The molecule has 4 heteroatoms. The third-order valence-electron chi connectivity index (χ3n) is 5.34. The van der Waals surface area contributed by atoms with Crippen LogP contribution >= 0.6 is 0 Å². The first-order valence-electron chi connectivity index (χ1n) is 9.44. The molecule has 2 aromatic rings. The molecular formula is C22H30N2O2. The first-order valence-corrected chi connectivity index (χ1v) is 9.44. The minimum absolute atomic E-state index is 0.175. The lowest BCUT2D eigenvalue weighted by atomic mass is 10.1. The van der Waals surface area contributed by atoms with Crippen molar-refractivity contribution in [2.45, 2.75) is 53.8 Å². The first kappa shape index (κ1) is 18.9. The van der Waals surface area contributed by atoms with E-state index in [4.69, 9.17) is 4.74 Å². The molecule has 1 aliphatic rings. The summed E-state index contributed by atoms with van der Waals surface area (Å²) in [6, 6.07) is 8.48. The van der Waals surface area contributed by atoms with Crippen molar-refractivity contribution in [1.29, 1.82) is 0 Å². The first-order chi connectivity index (χ1) is 12.3. The molecule has 0 radical (unpaired) electrons. The topological polar surface area (TPSA) is 34.5 Å². The van der Waals surface area contributed by atoms with Crippen molar-refractivity contribution in [3.05, 3.63) is 52.3 Å². The van der Waals surface area contributed by atoms with Gasteiger partial charge < -0.3 is 9.30 Å². The lowest BCUT2D eigenvalue weighted by molar-refractivity contribution is -0.0652. The maximum Gasteiger partial charge on any atom is 0.178 e. The molecule has 0 aliphatic carbocycles. The molecule has 0 spiro atoms. The molecule has 2 atom stereocenters.